The summed E-state index contributed by atoms with van der Waals surface area (Å²) in [6, 6.07) is 15.9. The molecule has 1 aliphatic heterocycles. The molecule has 0 radical (unpaired) electrons. The van der Waals surface area contributed by atoms with Gasteiger partial charge in [-0.15, -0.1) is 11.3 Å². The summed E-state index contributed by atoms with van der Waals surface area (Å²) in [6.45, 7) is 0.208. The van der Waals surface area contributed by atoms with Gasteiger partial charge >= 0.3 is 5.97 Å². The minimum Gasteiger partial charge on any atom is -0.481 e. The number of hydrogen-bond donors (Lipinski definition) is 1. The highest BCUT2D eigenvalue weighted by Crippen LogP contribution is 2.44. The molecule has 0 aliphatic carbocycles. The molecule has 27 heavy (non-hydrogen) atoms. The Labute approximate surface area is 159 Å². The first kappa shape index (κ1) is 17.4. The first-order valence-electron chi connectivity index (χ1n) is 8.47. The van der Waals surface area contributed by atoms with E-state index in [0.717, 1.165) is 10.4 Å². The Hall–Kier alpha value is -2.99. The van der Waals surface area contributed by atoms with E-state index in [1.165, 1.54) is 23.5 Å². The maximum atomic E-state index is 13.3. The largest absolute Gasteiger partial charge is 0.481 e. The quantitative estimate of drug-likeness (QED) is 0.726. The van der Waals surface area contributed by atoms with Gasteiger partial charge < -0.3 is 10.0 Å². The van der Waals surface area contributed by atoms with Crippen LogP contribution < -0.4 is 0 Å². The van der Waals surface area contributed by atoms with E-state index in [2.05, 4.69) is 0 Å². The Balaban J connectivity index is 1.85. The van der Waals surface area contributed by atoms with Crippen molar-refractivity contribution in [3.8, 4) is 0 Å². The molecule has 2 aromatic carbocycles. The number of carboxylic acid groups (broad SMARTS) is 1. The van der Waals surface area contributed by atoms with Gasteiger partial charge in [-0.3, -0.25) is 9.59 Å². The van der Waals surface area contributed by atoms with Crippen LogP contribution in [0.2, 0.25) is 0 Å². The maximum Gasteiger partial charge on any atom is 0.313 e. The predicted molar refractivity (Wildman–Crippen MR) is 100 cm³/mol. The number of carbonyl (C=O) groups excluding carboxylic acids is 1. The summed E-state index contributed by atoms with van der Waals surface area (Å²) in [5.41, 5.74) is 1.68. The average molecular weight is 381 g/mol. The molecular weight excluding hydrogens is 365 g/mol. The zero-order valence-electron chi connectivity index (χ0n) is 14.2. The number of hydrogen-bond acceptors (Lipinski definition) is 3. The third-order valence-electron chi connectivity index (χ3n) is 4.81. The summed E-state index contributed by atoms with van der Waals surface area (Å²) in [4.78, 5) is 27.8. The van der Waals surface area contributed by atoms with E-state index in [-0.39, 0.29) is 18.3 Å². The SMILES string of the molecule is O=C(O)[C@@H]1c2ccccc2C(=O)N(Cc2ccc(F)cc2)[C@@H]1c1cccs1. The molecule has 0 unspecified atom stereocenters. The number of carboxylic acids is 1. The second kappa shape index (κ2) is 6.96. The minimum atomic E-state index is -0.975. The number of fused-ring (bicyclic) bond motifs is 1. The Bertz CT molecular complexity index is 985. The van der Waals surface area contributed by atoms with Crippen LogP contribution in [0.25, 0.3) is 0 Å². The van der Waals surface area contributed by atoms with Crippen LogP contribution in [0, 0.1) is 5.82 Å². The van der Waals surface area contributed by atoms with Crippen LogP contribution in [-0.4, -0.2) is 21.9 Å². The second-order valence-electron chi connectivity index (χ2n) is 6.42. The Morgan fingerprint density at radius 1 is 1.07 bits per heavy atom. The first-order valence-corrected chi connectivity index (χ1v) is 9.35. The third kappa shape index (κ3) is 3.13. The number of nitrogens with zero attached hydrogens (tertiary/aromatic N) is 1. The number of benzene rings is 2. The molecule has 4 nitrogen and oxygen atoms in total. The highest BCUT2D eigenvalue weighted by atomic mass is 32.1. The lowest BCUT2D eigenvalue weighted by Crippen LogP contribution is -2.44. The van der Waals surface area contributed by atoms with Gasteiger partial charge in [0.25, 0.3) is 5.91 Å². The van der Waals surface area contributed by atoms with Gasteiger partial charge in [0.05, 0.1) is 6.04 Å². The van der Waals surface area contributed by atoms with E-state index in [1.54, 1.807) is 41.3 Å². The van der Waals surface area contributed by atoms with Gasteiger partial charge in [0.15, 0.2) is 0 Å². The van der Waals surface area contributed by atoms with Crippen LogP contribution in [0.3, 0.4) is 0 Å². The van der Waals surface area contributed by atoms with E-state index in [4.69, 9.17) is 0 Å². The van der Waals surface area contributed by atoms with Gasteiger partial charge in [0.1, 0.15) is 11.7 Å². The second-order valence-corrected chi connectivity index (χ2v) is 7.40. The van der Waals surface area contributed by atoms with Crippen molar-refractivity contribution in [2.75, 3.05) is 0 Å². The fourth-order valence-electron chi connectivity index (χ4n) is 3.60. The van der Waals surface area contributed by atoms with Crippen molar-refractivity contribution in [3.05, 3.63) is 93.4 Å². The van der Waals surface area contributed by atoms with Crippen LogP contribution in [0.1, 0.15) is 38.3 Å². The lowest BCUT2D eigenvalue weighted by atomic mass is 9.82. The summed E-state index contributed by atoms with van der Waals surface area (Å²) < 4.78 is 13.3. The molecule has 1 aromatic heterocycles. The van der Waals surface area contributed by atoms with E-state index in [0.29, 0.717) is 11.1 Å². The zero-order valence-corrected chi connectivity index (χ0v) is 15.0. The van der Waals surface area contributed by atoms with Crippen LogP contribution in [0.4, 0.5) is 4.39 Å². The molecule has 6 heteroatoms. The van der Waals surface area contributed by atoms with Crippen molar-refractivity contribution >= 4 is 23.2 Å². The molecule has 1 N–H and O–H groups in total. The predicted octanol–water partition coefficient (Wildman–Crippen LogP) is 4.45. The Kier molecular flexibility index (Phi) is 4.49. The fraction of sp³-hybridized carbons (Fsp3) is 0.143. The maximum absolute atomic E-state index is 13.3. The highest BCUT2D eigenvalue weighted by molar-refractivity contribution is 7.10. The van der Waals surface area contributed by atoms with Crippen molar-refractivity contribution < 1.29 is 19.1 Å². The Morgan fingerprint density at radius 3 is 2.48 bits per heavy atom. The van der Waals surface area contributed by atoms with Crippen molar-refractivity contribution in [2.24, 2.45) is 0 Å². The summed E-state index contributed by atoms with van der Waals surface area (Å²) in [6.07, 6.45) is 0. The van der Waals surface area contributed by atoms with Crippen molar-refractivity contribution in [2.45, 2.75) is 18.5 Å². The molecule has 0 saturated carbocycles. The Morgan fingerprint density at radius 2 is 1.81 bits per heavy atom. The van der Waals surface area contributed by atoms with Crippen LogP contribution in [0.15, 0.2) is 66.0 Å². The minimum absolute atomic E-state index is 0.208. The standard InChI is InChI=1S/C21H16FNO3S/c22-14-9-7-13(8-10-14)12-23-19(17-6-3-11-27-17)18(21(25)26)15-4-1-2-5-16(15)20(23)24/h1-11,18-19H,12H2,(H,25,26)/t18-,19-/m1/s1. The molecular formula is C21H16FNO3S. The molecule has 2 atom stereocenters. The van der Waals surface area contributed by atoms with E-state index in [1.807, 2.05) is 17.5 Å². The van der Waals surface area contributed by atoms with Gasteiger partial charge in [0.2, 0.25) is 0 Å². The molecule has 1 aliphatic rings. The zero-order chi connectivity index (χ0) is 19.0. The summed E-state index contributed by atoms with van der Waals surface area (Å²) in [5.74, 6) is -2.41. The van der Waals surface area contributed by atoms with Crippen LogP contribution in [0.5, 0.6) is 0 Å². The van der Waals surface area contributed by atoms with Crippen LogP contribution in [-0.2, 0) is 11.3 Å². The fourth-order valence-corrected chi connectivity index (χ4v) is 4.47. The van der Waals surface area contributed by atoms with Gasteiger partial charge in [0, 0.05) is 17.0 Å². The molecule has 0 spiro atoms. The molecule has 4 rings (SSSR count). The smallest absolute Gasteiger partial charge is 0.313 e. The summed E-state index contributed by atoms with van der Waals surface area (Å²) >= 11 is 1.43. The van der Waals surface area contributed by atoms with Crippen molar-refractivity contribution in [3.63, 3.8) is 0 Å². The van der Waals surface area contributed by atoms with E-state index in [9.17, 15) is 19.1 Å². The van der Waals surface area contributed by atoms with Crippen LogP contribution >= 0.6 is 11.3 Å². The lowest BCUT2D eigenvalue weighted by molar-refractivity contribution is -0.140. The molecule has 2 heterocycles. The number of carbonyl (C=O) groups is 2. The monoisotopic (exact) mass is 381 g/mol. The summed E-state index contributed by atoms with van der Waals surface area (Å²) in [7, 11) is 0. The number of amides is 1. The average Bonchev–Trinajstić information content (AvgIpc) is 3.19. The number of aliphatic carboxylic acids is 1. The number of rotatable bonds is 4. The van der Waals surface area contributed by atoms with Gasteiger partial charge in [-0.2, -0.15) is 0 Å². The lowest BCUT2D eigenvalue weighted by Gasteiger charge is -2.40. The molecule has 3 aromatic rings. The molecule has 136 valence electrons. The van der Waals surface area contributed by atoms with Gasteiger partial charge in [-0.1, -0.05) is 36.4 Å². The van der Waals surface area contributed by atoms with Gasteiger partial charge in [-0.05, 0) is 40.8 Å². The van der Waals surface area contributed by atoms with E-state index < -0.39 is 17.9 Å². The summed E-state index contributed by atoms with van der Waals surface area (Å²) in [5, 5.41) is 11.8. The number of halogens is 1. The molecule has 0 saturated heterocycles. The van der Waals surface area contributed by atoms with E-state index >= 15 is 0 Å². The van der Waals surface area contributed by atoms with Crippen molar-refractivity contribution in [1.29, 1.82) is 0 Å². The topological polar surface area (TPSA) is 57.6 Å². The molecule has 1 amide bonds. The normalized spacial score (nSPS) is 19.0. The third-order valence-corrected chi connectivity index (χ3v) is 5.75. The first-order chi connectivity index (χ1) is 13.1. The van der Waals surface area contributed by atoms with Gasteiger partial charge in [-0.25, -0.2) is 4.39 Å². The molecule has 0 fully saturated rings. The van der Waals surface area contributed by atoms with Crippen molar-refractivity contribution in [1.82, 2.24) is 4.90 Å². The molecule has 0 bridgehead atoms. The highest BCUT2D eigenvalue weighted by Gasteiger charge is 2.44. The number of thiophene rings is 1.